The number of hydrogen-bond acceptors (Lipinski definition) is 5. The molecular weight excluding hydrogens is 306 g/mol. The lowest BCUT2D eigenvalue weighted by atomic mass is 9.99. The minimum absolute atomic E-state index is 0.104. The topological polar surface area (TPSA) is 79.8 Å². The van der Waals surface area contributed by atoms with Gasteiger partial charge in [-0.05, 0) is 18.6 Å². The summed E-state index contributed by atoms with van der Waals surface area (Å²) in [6, 6.07) is 3.19. The van der Waals surface area contributed by atoms with E-state index in [0.29, 0.717) is 31.7 Å². The zero-order valence-corrected chi connectivity index (χ0v) is 13.2. The van der Waals surface area contributed by atoms with Crippen molar-refractivity contribution in [3.8, 4) is 0 Å². The molecule has 0 bridgehead atoms. The van der Waals surface area contributed by atoms with Crippen LogP contribution in [0.3, 0.4) is 0 Å². The number of hydrogen-bond donors (Lipinski definition) is 0. The molecule has 0 unspecified atom stereocenters. The smallest absolute Gasteiger partial charge is 0.255 e. The van der Waals surface area contributed by atoms with Crippen LogP contribution in [-0.4, -0.2) is 73.2 Å². The normalized spacial score (nSPS) is 26.5. The third-order valence-corrected chi connectivity index (χ3v) is 5.46. The fourth-order valence-corrected chi connectivity index (χ4v) is 3.91. The summed E-state index contributed by atoms with van der Waals surface area (Å²) in [4.78, 5) is 18.4. The Morgan fingerprint density at radius 3 is 2.91 bits per heavy atom. The van der Waals surface area contributed by atoms with Crippen LogP contribution in [0.4, 0.5) is 0 Å². The van der Waals surface area contributed by atoms with Gasteiger partial charge in [0.25, 0.3) is 5.91 Å². The Hall–Kier alpha value is -1.51. The van der Waals surface area contributed by atoms with E-state index in [9.17, 15) is 13.2 Å². The van der Waals surface area contributed by atoms with Gasteiger partial charge in [0, 0.05) is 32.0 Å². The Labute approximate surface area is 129 Å². The number of sulfonamides is 1. The maximum atomic E-state index is 12.7. The van der Waals surface area contributed by atoms with Crippen LogP contribution in [-0.2, 0) is 14.8 Å². The standard InChI is InChI=1S/C14H19N3O4S/c1-22(19,20)16-6-4-13-12(10-16)17(7-8-21-13)14(18)11-3-2-5-15-9-11/h2-3,5,9,12-13H,4,6-8,10H2,1H3/t12-,13-/m1/s1. The maximum absolute atomic E-state index is 12.7. The zero-order chi connectivity index (χ0) is 15.7. The number of carbonyl (C=O) groups excluding carboxylic acids is 1. The molecule has 1 amide bonds. The first kappa shape index (κ1) is 15.4. The lowest BCUT2D eigenvalue weighted by Crippen LogP contribution is -2.62. The number of carbonyl (C=O) groups is 1. The van der Waals surface area contributed by atoms with Gasteiger partial charge in [0.05, 0.1) is 30.6 Å². The first-order chi connectivity index (χ1) is 10.5. The number of morpholine rings is 1. The summed E-state index contributed by atoms with van der Waals surface area (Å²) in [6.45, 7) is 1.67. The van der Waals surface area contributed by atoms with Crippen molar-refractivity contribution >= 4 is 15.9 Å². The molecule has 0 saturated carbocycles. The van der Waals surface area contributed by atoms with E-state index in [1.165, 1.54) is 16.8 Å². The van der Waals surface area contributed by atoms with E-state index in [1.54, 1.807) is 23.2 Å². The monoisotopic (exact) mass is 325 g/mol. The molecule has 120 valence electrons. The fraction of sp³-hybridized carbons (Fsp3) is 0.571. The van der Waals surface area contributed by atoms with E-state index >= 15 is 0 Å². The van der Waals surface area contributed by atoms with Crippen molar-refractivity contribution in [1.82, 2.24) is 14.2 Å². The lowest BCUT2D eigenvalue weighted by Gasteiger charge is -2.46. The molecule has 1 aromatic heterocycles. The molecule has 2 saturated heterocycles. The first-order valence-electron chi connectivity index (χ1n) is 7.24. The molecule has 8 heteroatoms. The summed E-state index contributed by atoms with van der Waals surface area (Å²) < 4.78 is 30.7. The Bertz CT molecular complexity index is 649. The molecule has 3 rings (SSSR count). The highest BCUT2D eigenvalue weighted by Crippen LogP contribution is 2.25. The molecule has 0 N–H and O–H groups in total. The van der Waals surface area contributed by atoms with Gasteiger partial charge in [0.2, 0.25) is 10.0 Å². The van der Waals surface area contributed by atoms with E-state index in [1.807, 2.05) is 0 Å². The molecule has 2 fully saturated rings. The summed E-state index contributed by atoms with van der Waals surface area (Å²) in [6.07, 6.45) is 4.85. The van der Waals surface area contributed by atoms with Crippen molar-refractivity contribution in [3.63, 3.8) is 0 Å². The van der Waals surface area contributed by atoms with E-state index in [0.717, 1.165) is 0 Å². The van der Waals surface area contributed by atoms with Crippen molar-refractivity contribution < 1.29 is 17.9 Å². The third kappa shape index (κ3) is 2.99. The van der Waals surface area contributed by atoms with Gasteiger partial charge in [-0.15, -0.1) is 0 Å². The molecule has 0 radical (unpaired) electrons. The fourth-order valence-electron chi connectivity index (χ4n) is 3.05. The van der Waals surface area contributed by atoms with Crippen LogP contribution >= 0.6 is 0 Å². The molecule has 7 nitrogen and oxygen atoms in total. The number of rotatable bonds is 2. The maximum Gasteiger partial charge on any atom is 0.255 e. The van der Waals surface area contributed by atoms with Gasteiger partial charge >= 0.3 is 0 Å². The van der Waals surface area contributed by atoms with Gasteiger partial charge in [0.15, 0.2) is 0 Å². The molecule has 0 spiro atoms. The predicted octanol–water partition coefficient (Wildman–Crippen LogP) is -0.0435. The average molecular weight is 325 g/mol. The van der Waals surface area contributed by atoms with Gasteiger partial charge in [-0.2, -0.15) is 4.31 Å². The lowest BCUT2D eigenvalue weighted by molar-refractivity contribution is -0.0802. The van der Waals surface area contributed by atoms with Crippen LogP contribution in [0.1, 0.15) is 16.8 Å². The Morgan fingerprint density at radius 1 is 1.41 bits per heavy atom. The minimum Gasteiger partial charge on any atom is -0.374 e. The second kappa shape index (κ2) is 5.94. The SMILES string of the molecule is CS(=O)(=O)N1CC[C@H]2OCCN(C(=O)c3cccnc3)[C@@H]2C1. The molecule has 0 aromatic carbocycles. The van der Waals surface area contributed by atoms with E-state index in [2.05, 4.69) is 4.98 Å². The molecule has 2 atom stereocenters. The molecule has 2 aliphatic rings. The van der Waals surface area contributed by atoms with Gasteiger partial charge in [-0.25, -0.2) is 8.42 Å². The summed E-state index contributed by atoms with van der Waals surface area (Å²) in [5.41, 5.74) is 0.514. The number of ether oxygens (including phenoxy) is 1. The van der Waals surface area contributed by atoms with Crippen molar-refractivity contribution in [2.45, 2.75) is 18.6 Å². The zero-order valence-electron chi connectivity index (χ0n) is 12.4. The molecule has 3 heterocycles. The van der Waals surface area contributed by atoms with Crippen molar-refractivity contribution in [2.24, 2.45) is 0 Å². The highest BCUT2D eigenvalue weighted by molar-refractivity contribution is 7.88. The number of nitrogens with zero attached hydrogens (tertiary/aromatic N) is 3. The van der Waals surface area contributed by atoms with E-state index in [4.69, 9.17) is 4.74 Å². The molecule has 0 aliphatic carbocycles. The second-order valence-electron chi connectivity index (χ2n) is 5.63. The number of pyridine rings is 1. The van der Waals surface area contributed by atoms with Crippen LogP contribution in [0, 0.1) is 0 Å². The molecule has 22 heavy (non-hydrogen) atoms. The molecule has 1 aromatic rings. The van der Waals surface area contributed by atoms with Gasteiger partial charge in [-0.1, -0.05) is 0 Å². The van der Waals surface area contributed by atoms with E-state index < -0.39 is 10.0 Å². The third-order valence-electron chi connectivity index (χ3n) is 4.19. The summed E-state index contributed by atoms with van der Waals surface area (Å²) in [7, 11) is -3.26. The van der Waals surface area contributed by atoms with Gasteiger partial charge < -0.3 is 9.64 Å². The highest BCUT2D eigenvalue weighted by atomic mass is 32.2. The van der Waals surface area contributed by atoms with Gasteiger partial charge in [-0.3, -0.25) is 9.78 Å². The number of aromatic nitrogens is 1. The Balaban J connectivity index is 1.83. The van der Waals surface area contributed by atoms with Crippen LogP contribution in [0.5, 0.6) is 0 Å². The van der Waals surface area contributed by atoms with Crippen molar-refractivity contribution in [1.29, 1.82) is 0 Å². The Kier molecular flexibility index (Phi) is 4.16. The first-order valence-corrected chi connectivity index (χ1v) is 9.09. The summed E-state index contributed by atoms with van der Waals surface area (Å²) >= 11 is 0. The summed E-state index contributed by atoms with van der Waals surface area (Å²) in [5, 5.41) is 0. The quantitative estimate of drug-likeness (QED) is 0.762. The van der Waals surface area contributed by atoms with Crippen LogP contribution in [0.2, 0.25) is 0 Å². The van der Waals surface area contributed by atoms with Crippen LogP contribution < -0.4 is 0 Å². The number of amides is 1. The summed E-state index contributed by atoms with van der Waals surface area (Å²) in [5.74, 6) is -0.123. The van der Waals surface area contributed by atoms with Crippen molar-refractivity contribution in [3.05, 3.63) is 30.1 Å². The second-order valence-corrected chi connectivity index (χ2v) is 7.61. The highest BCUT2D eigenvalue weighted by Gasteiger charge is 2.41. The van der Waals surface area contributed by atoms with Crippen LogP contribution in [0.25, 0.3) is 0 Å². The van der Waals surface area contributed by atoms with Crippen LogP contribution in [0.15, 0.2) is 24.5 Å². The average Bonchev–Trinajstić information content (AvgIpc) is 2.53. The number of piperidine rings is 1. The molecular formula is C14H19N3O4S. The number of fused-ring (bicyclic) bond motifs is 1. The molecule has 2 aliphatic heterocycles. The van der Waals surface area contributed by atoms with Gasteiger partial charge in [0.1, 0.15) is 0 Å². The largest absolute Gasteiger partial charge is 0.374 e. The predicted molar refractivity (Wildman–Crippen MR) is 79.8 cm³/mol. The van der Waals surface area contributed by atoms with E-state index in [-0.39, 0.29) is 24.6 Å². The minimum atomic E-state index is -3.26. The van der Waals surface area contributed by atoms with Crippen molar-refractivity contribution in [2.75, 3.05) is 32.5 Å². The Morgan fingerprint density at radius 2 is 2.23 bits per heavy atom.